The lowest BCUT2D eigenvalue weighted by Crippen LogP contribution is -2.48. The molecule has 0 spiro atoms. The van der Waals surface area contributed by atoms with Gasteiger partial charge in [-0.15, -0.1) is 0 Å². The van der Waals surface area contributed by atoms with Crippen molar-refractivity contribution < 1.29 is 9.59 Å². The number of ketones is 1. The van der Waals surface area contributed by atoms with Gasteiger partial charge in [-0.25, -0.2) is 0 Å². The Morgan fingerprint density at radius 2 is 1.68 bits per heavy atom. The van der Waals surface area contributed by atoms with Gasteiger partial charge in [0, 0.05) is 61.4 Å². The molecule has 0 bridgehead atoms. The van der Waals surface area contributed by atoms with E-state index in [1.54, 1.807) is 18.7 Å². The van der Waals surface area contributed by atoms with E-state index < -0.39 is 0 Å². The van der Waals surface area contributed by atoms with Gasteiger partial charge in [0.1, 0.15) is 0 Å². The summed E-state index contributed by atoms with van der Waals surface area (Å²) in [7, 11) is 0. The standard InChI is InChI=1S/C25H31N3O2S/c1-3-7-23(30)20-10-11-25-22(18-20)28(21-8-4-5-9-24(21)31-25)13-6-12-26-14-16-27(17-15-26)19(2)29/h4-5,8-11,18H,3,6-7,12-17H2,1-2H3. The number of anilines is 2. The highest BCUT2D eigenvalue weighted by Crippen LogP contribution is 2.48. The summed E-state index contributed by atoms with van der Waals surface area (Å²) in [5.74, 6) is 0.393. The normalized spacial score (nSPS) is 16.1. The molecule has 0 radical (unpaired) electrons. The van der Waals surface area contributed by atoms with E-state index in [1.807, 2.05) is 17.9 Å². The number of piperazine rings is 1. The van der Waals surface area contributed by atoms with Crippen LogP contribution in [0, 0.1) is 0 Å². The number of Topliss-reactive ketones (excluding diaryl/α,β-unsaturated/α-hetero) is 1. The van der Waals surface area contributed by atoms with Gasteiger partial charge >= 0.3 is 0 Å². The first-order valence-corrected chi connectivity index (χ1v) is 12.1. The molecule has 31 heavy (non-hydrogen) atoms. The molecule has 0 aromatic heterocycles. The number of hydrogen-bond donors (Lipinski definition) is 0. The van der Waals surface area contributed by atoms with Crippen LogP contribution in [-0.2, 0) is 4.79 Å². The molecule has 0 atom stereocenters. The Labute approximate surface area is 189 Å². The lowest BCUT2D eigenvalue weighted by Gasteiger charge is -2.36. The summed E-state index contributed by atoms with van der Waals surface area (Å²) in [5, 5.41) is 0. The first-order chi connectivity index (χ1) is 15.1. The van der Waals surface area contributed by atoms with E-state index in [4.69, 9.17) is 0 Å². The predicted molar refractivity (Wildman–Crippen MR) is 127 cm³/mol. The van der Waals surface area contributed by atoms with Crippen LogP contribution >= 0.6 is 11.8 Å². The van der Waals surface area contributed by atoms with Crippen molar-refractivity contribution >= 4 is 34.8 Å². The molecular formula is C25H31N3O2S. The molecule has 2 aliphatic rings. The molecule has 0 unspecified atom stereocenters. The number of fused-ring (bicyclic) bond motifs is 2. The van der Waals surface area contributed by atoms with Crippen LogP contribution < -0.4 is 4.90 Å². The van der Waals surface area contributed by atoms with Gasteiger partial charge in [-0.2, -0.15) is 0 Å². The van der Waals surface area contributed by atoms with E-state index in [1.165, 1.54) is 15.5 Å². The van der Waals surface area contributed by atoms with Gasteiger partial charge < -0.3 is 9.80 Å². The molecule has 2 aliphatic heterocycles. The Hall–Kier alpha value is -2.31. The Bertz CT molecular complexity index is 954. The molecule has 2 heterocycles. The van der Waals surface area contributed by atoms with Gasteiger partial charge in [-0.3, -0.25) is 14.5 Å². The number of benzene rings is 2. The quantitative estimate of drug-likeness (QED) is 0.581. The SMILES string of the molecule is CCCC(=O)c1ccc2c(c1)N(CCCN1CCN(C(C)=O)CC1)c1ccccc1S2. The molecular weight excluding hydrogens is 406 g/mol. The zero-order chi connectivity index (χ0) is 21.8. The minimum Gasteiger partial charge on any atom is -0.340 e. The van der Waals surface area contributed by atoms with Crippen molar-refractivity contribution in [3.63, 3.8) is 0 Å². The Kier molecular flexibility index (Phi) is 6.98. The lowest BCUT2D eigenvalue weighted by atomic mass is 10.1. The number of rotatable bonds is 7. The number of para-hydroxylation sites is 1. The highest BCUT2D eigenvalue weighted by molar-refractivity contribution is 7.99. The fourth-order valence-corrected chi connectivity index (χ4v) is 5.43. The van der Waals surface area contributed by atoms with Gasteiger partial charge in [0.05, 0.1) is 11.4 Å². The zero-order valence-corrected chi connectivity index (χ0v) is 19.3. The van der Waals surface area contributed by atoms with Crippen molar-refractivity contribution in [1.82, 2.24) is 9.80 Å². The predicted octanol–water partition coefficient (Wildman–Crippen LogP) is 4.83. The van der Waals surface area contributed by atoms with Crippen LogP contribution in [0.5, 0.6) is 0 Å². The smallest absolute Gasteiger partial charge is 0.219 e. The summed E-state index contributed by atoms with van der Waals surface area (Å²) in [4.78, 5) is 33.3. The van der Waals surface area contributed by atoms with Gasteiger partial charge in [-0.05, 0) is 43.7 Å². The van der Waals surface area contributed by atoms with Crippen molar-refractivity contribution in [3.05, 3.63) is 48.0 Å². The van der Waals surface area contributed by atoms with Crippen molar-refractivity contribution in [2.45, 2.75) is 42.9 Å². The lowest BCUT2D eigenvalue weighted by molar-refractivity contribution is -0.130. The molecule has 1 fully saturated rings. The monoisotopic (exact) mass is 437 g/mol. The molecule has 2 aromatic carbocycles. The maximum absolute atomic E-state index is 12.5. The highest BCUT2D eigenvalue weighted by Gasteiger charge is 2.25. The Morgan fingerprint density at radius 1 is 0.935 bits per heavy atom. The van der Waals surface area contributed by atoms with E-state index in [0.717, 1.165) is 63.4 Å². The molecule has 0 aliphatic carbocycles. The second kappa shape index (κ2) is 9.88. The Morgan fingerprint density at radius 3 is 2.42 bits per heavy atom. The molecule has 1 saturated heterocycles. The molecule has 0 saturated carbocycles. The minimum atomic E-state index is 0.173. The van der Waals surface area contributed by atoms with Crippen molar-refractivity contribution in [3.8, 4) is 0 Å². The number of hydrogen-bond acceptors (Lipinski definition) is 5. The van der Waals surface area contributed by atoms with Crippen LogP contribution in [0.1, 0.15) is 43.5 Å². The average molecular weight is 438 g/mol. The van der Waals surface area contributed by atoms with Gasteiger partial charge in [0.15, 0.2) is 5.78 Å². The van der Waals surface area contributed by atoms with Crippen LogP contribution in [-0.4, -0.2) is 60.8 Å². The first kappa shape index (κ1) is 21.9. The van der Waals surface area contributed by atoms with Crippen LogP contribution in [0.2, 0.25) is 0 Å². The molecule has 6 heteroatoms. The number of carbonyl (C=O) groups excluding carboxylic acids is 2. The van der Waals surface area contributed by atoms with Crippen LogP contribution in [0.3, 0.4) is 0 Å². The Balaban J connectivity index is 1.48. The van der Waals surface area contributed by atoms with Crippen molar-refractivity contribution in [2.75, 3.05) is 44.2 Å². The van der Waals surface area contributed by atoms with Crippen LogP contribution in [0.15, 0.2) is 52.3 Å². The summed E-state index contributed by atoms with van der Waals surface area (Å²) in [6, 6.07) is 14.7. The third kappa shape index (κ3) is 4.96. The van der Waals surface area contributed by atoms with E-state index in [-0.39, 0.29) is 11.7 Å². The topological polar surface area (TPSA) is 43.9 Å². The van der Waals surface area contributed by atoms with Gasteiger partial charge in [-0.1, -0.05) is 36.9 Å². The third-order valence-electron chi connectivity index (χ3n) is 6.10. The van der Waals surface area contributed by atoms with E-state index in [0.29, 0.717) is 6.42 Å². The van der Waals surface area contributed by atoms with Crippen molar-refractivity contribution in [1.29, 1.82) is 0 Å². The second-order valence-electron chi connectivity index (χ2n) is 8.28. The van der Waals surface area contributed by atoms with Crippen molar-refractivity contribution in [2.24, 2.45) is 0 Å². The molecule has 5 nitrogen and oxygen atoms in total. The summed E-state index contributed by atoms with van der Waals surface area (Å²) in [6.07, 6.45) is 2.49. The first-order valence-electron chi connectivity index (χ1n) is 11.3. The van der Waals surface area contributed by atoms with Gasteiger partial charge in [0.25, 0.3) is 0 Å². The molecule has 4 rings (SSSR count). The minimum absolute atomic E-state index is 0.173. The summed E-state index contributed by atoms with van der Waals surface area (Å²) in [5.41, 5.74) is 3.18. The van der Waals surface area contributed by atoms with E-state index >= 15 is 0 Å². The molecule has 0 N–H and O–H groups in total. The molecule has 164 valence electrons. The summed E-state index contributed by atoms with van der Waals surface area (Å²) in [6.45, 7) is 9.15. The number of amides is 1. The fraction of sp³-hybridized carbons (Fsp3) is 0.440. The zero-order valence-electron chi connectivity index (χ0n) is 18.5. The van der Waals surface area contributed by atoms with Crippen LogP contribution in [0.25, 0.3) is 0 Å². The average Bonchev–Trinajstić information content (AvgIpc) is 2.78. The molecule has 1 amide bonds. The maximum Gasteiger partial charge on any atom is 0.219 e. The molecule has 2 aromatic rings. The second-order valence-corrected chi connectivity index (χ2v) is 9.36. The summed E-state index contributed by atoms with van der Waals surface area (Å²) < 4.78 is 0. The third-order valence-corrected chi connectivity index (χ3v) is 7.23. The summed E-state index contributed by atoms with van der Waals surface area (Å²) >= 11 is 1.78. The van der Waals surface area contributed by atoms with Crippen LogP contribution in [0.4, 0.5) is 11.4 Å². The number of carbonyl (C=O) groups is 2. The maximum atomic E-state index is 12.5. The van der Waals surface area contributed by atoms with E-state index in [2.05, 4.69) is 46.2 Å². The number of nitrogens with zero attached hydrogens (tertiary/aromatic N) is 3. The highest BCUT2D eigenvalue weighted by atomic mass is 32.2. The van der Waals surface area contributed by atoms with Gasteiger partial charge in [0.2, 0.25) is 5.91 Å². The largest absolute Gasteiger partial charge is 0.340 e. The van der Waals surface area contributed by atoms with E-state index in [9.17, 15) is 9.59 Å². The fourth-order valence-electron chi connectivity index (χ4n) is 4.35.